The van der Waals surface area contributed by atoms with Gasteiger partial charge in [-0.25, -0.2) is 4.39 Å². The predicted molar refractivity (Wildman–Crippen MR) is 74.4 cm³/mol. The minimum absolute atomic E-state index is 0.0855. The quantitative estimate of drug-likeness (QED) is 0.917. The molecule has 1 fully saturated rings. The molecule has 0 saturated carbocycles. The minimum Gasteiger partial charge on any atom is -0.382 e. The van der Waals surface area contributed by atoms with Gasteiger partial charge in [0, 0.05) is 25.1 Å². The fourth-order valence-corrected chi connectivity index (χ4v) is 2.51. The van der Waals surface area contributed by atoms with E-state index in [0.717, 1.165) is 19.4 Å². The first-order chi connectivity index (χ1) is 10.2. The summed E-state index contributed by atoms with van der Waals surface area (Å²) in [5, 5.41) is 6.63. The molecule has 2 aliphatic rings. The number of nitrogens with one attached hydrogen (secondary N) is 1. The van der Waals surface area contributed by atoms with Gasteiger partial charge in [-0.15, -0.1) is 0 Å². The van der Waals surface area contributed by atoms with Crippen molar-refractivity contribution in [1.29, 1.82) is 0 Å². The van der Waals surface area contributed by atoms with E-state index < -0.39 is 6.10 Å². The second-order valence-electron chi connectivity index (χ2n) is 5.20. The van der Waals surface area contributed by atoms with E-state index in [1.165, 1.54) is 6.07 Å². The molecule has 1 amide bonds. The molecule has 5 nitrogen and oxygen atoms in total. The lowest BCUT2D eigenvalue weighted by molar-refractivity contribution is -0.131. The summed E-state index contributed by atoms with van der Waals surface area (Å²) >= 11 is 0. The fraction of sp³-hybridized carbons (Fsp3) is 0.467. The summed E-state index contributed by atoms with van der Waals surface area (Å²) in [6.45, 7) is 1.23. The Hall–Kier alpha value is -1.95. The van der Waals surface area contributed by atoms with Crippen molar-refractivity contribution in [3.63, 3.8) is 0 Å². The van der Waals surface area contributed by atoms with Crippen LogP contribution in [0.2, 0.25) is 0 Å². The van der Waals surface area contributed by atoms with Crippen molar-refractivity contribution < 1.29 is 18.8 Å². The predicted octanol–water partition coefficient (Wildman–Crippen LogP) is 1.61. The normalized spacial score (nSPS) is 24.5. The van der Waals surface area contributed by atoms with Gasteiger partial charge in [0.25, 0.3) is 5.91 Å². The van der Waals surface area contributed by atoms with Crippen LogP contribution < -0.4 is 5.32 Å². The average molecular weight is 292 g/mol. The van der Waals surface area contributed by atoms with Gasteiger partial charge in [0.2, 0.25) is 6.10 Å². The highest BCUT2D eigenvalue weighted by atomic mass is 19.1. The number of carbonyl (C=O) groups excluding carboxylic acids is 1. The van der Waals surface area contributed by atoms with Crippen molar-refractivity contribution >= 4 is 11.6 Å². The molecule has 0 spiro atoms. The maximum Gasteiger partial charge on any atom is 0.264 e. The van der Waals surface area contributed by atoms with Crippen molar-refractivity contribution in [2.24, 2.45) is 5.16 Å². The van der Waals surface area contributed by atoms with E-state index in [1.807, 2.05) is 0 Å². The molecule has 0 unspecified atom stereocenters. The molecule has 1 aromatic carbocycles. The molecule has 2 atom stereocenters. The zero-order valence-corrected chi connectivity index (χ0v) is 11.5. The monoisotopic (exact) mass is 292 g/mol. The first-order valence-corrected chi connectivity index (χ1v) is 7.11. The molecule has 0 aromatic heterocycles. The van der Waals surface area contributed by atoms with Crippen LogP contribution >= 0.6 is 0 Å². The minimum atomic E-state index is -0.694. The van der Waals surface area contributed by atoms with Crippen molar-refractivity contribution in [2.75, 3.05) is 13.2 Å². The first kappa shape index (κ1) is 14.0. The summed E-state index contributed by atoms with van der Waals surface area (Å²) in [6.07, 6.45) is 1.66. The van der Waals surface area contributed by atoms with Crippen LogP contribution in [0.4, 0.5) is 4.39 Å². The highest BCUT2D eigenvalue weighted by Crippen LogP contribution is 2.19. The van der Waals surface area contributed by atoms with E-state index in [9.17, 15) is 9.18 Å². The van der Waals surface area contributed by atoms with Crippen molar-refractivity contribution in [2.45, 2.75) is 31.5 Å². The molecular weight excluding hydrogens is 275 g/mol. The number of oxime groups is 1. The molecule has 21 heavy (non-hydrogen) atoms. The summed E-state index contributed by atoms with van der Waals surface area (Å²) in [4.78, 5) is 17.1. The summed E-state index contributed by atoms with van der Waals surface area (Å²) < 4.78 is 19.1. The highest BCUT2D eigenvalue weighted by Gasteiger charge is 2.30. The van der Waals surface area contributed by atoms with Crippen LogP contribution in [-0.2, 0) is 14.4 Å². The number of carbonyl (C=O) groups is 1. The maximum absolute atomic E-state index is 13.7. The maximum atomic E-state index is 13.7. The zero-order chi connectivity index (χ0) is 14.7. The van der Waals surface area contributed by atoms with E-state index >= 15 is 0 Å². The number of hydrogen-bond acceptors (Lipinski definition) is 4. The van der Waals surface area contributed by atoms with Crippen LogP contribution in [0.5, 0.6) is 0 Å². The largest absolute Gasteiger partial charge is 0.382 e. The van der Waals surface area contributed by atoms with Gasteiger partial charge >= 0.3 is 0 Å². The van der Waals surface area contributed by atoms with Gasteiger partial charge in [0.05, 0.1) is 11.8 Å². The summed E-state index contributed by atoms with van der Waals surface area (Å²) in [7, 11) is 0. The zero-order valence-electron chi connectivity index (χ0n) is 11.5. The molecule has 2 heterocycles. The van der Waals surface area contributed by atoms with E-state index in [0.29, 0.717) is 17.8 Å². The van der Waals surface area contributed by atoms with Gasteiger partial charge in [-0.05, 0) is 18.9 Å². The summed E-state index contributed by atoms with van der Waals surface area (Å²) in [6, 6.07) is 6.33. The second kappa shape index (κ2) is 6.22. The van der Waals surface area contributed by atoms with Crippen LogP contribution in [-0.4, -0.2) is 37.0 Å². The lowest BCUT2D eigenvalue weighted by atomic mass is 10.0. The molecule has 0 radical (unpaired) electrons. The fourth-order valence-electron chi connectivity index (χ4n) is 2.51. The van der Waals surface area contributed by atoms with Crippen molar-refractivity contribution in [3.05, 3.63) is 35.6 Å². The third-order valence-corrected chi connectivity index (χ3v) is 3.67. The molecule has 1 N–H and O–H groups in total. The first-order valence-electron chi connectivity index (χ1n) is 7.11. The third-order valence-electron chi connectivity index (χ3n) is 3.67. The van der Waals surface area contributed by atoms with Crippen molar-refractivity contribution in [3.8, 4) is 0 Å². The standard InChI is InChI=1S/C15H17FN2O3/c16-12-6-2-1-5-11(12)13-8-14(21-18-13)15(19)17-9-10-4-3-7-20-10/h1-2,5-6,10,14H,3-4,7-9H2,(H,17,19)/t10-,14-/m1/s1. The SMILES string of the molecule is O=C(NC[C@H]1CCCO1)[C@H]1CC(c2ccccc2F)=NO1. The topological polar surface area (TPSA) is 59.9 Å². The Bertz CT molecular complexity index is 556. The molecule has 6 heteroatoms. The number of hydrogen-bond donors (Lipinski definition) is 1. The van der Waals surface area contributed by atoms with E-state index in [4.69, 9.17) is 9.57 Å². The molecule has 2 aliphatic heterocycles. The number of amides is 1. The van der Waals surface area contributed by atoms with Crippen LogP contribution in [0.3, 0.4) is 0 Å². The third kappa shape index (κ3) is 3.21. The Balaban J connectivity index is 1.53. The Labute approximate surface area is 122 Å². The second-order valence-corrected chi connectivity index (χ2v) is 5.20. The van der Waals surface area contributed by atoms with E-state index in [2.05, 4.69) is 10.5 Å². The van der Waals surface area contributed by atoms with Gasteiger partial charge in [0.1, 0.15) is 5.82 Å². The molecule has 0 bridgehead atoms. The van der Waals surface area contributed by atoms with Crippen LogP contribution in [0.1, 0.15) is 24.8 Å². The number of ether oxygens (including phenoxy) is 1. The van der Waals surface area contributed by atoms with Crippen LogP contribution in [0, 0.1) is 5.82 Å². The average Bonchev–Trinajstić information content (AvgIpc) is 3.17. The smallest absolute Gasteiger partial charge is 0.264 e. The van der Waals surface area contributed by atoms with E-state index in [-0.39, 0.29) is 24.2 Å². The molecule has 3 rings (SSSR count). The van der Waals surface area contributed by atoms with Gasteiger partial charge in [-0.1, -0.05) is 23.4 Å². The van der Waals surface area contributed by atoms with Crippen LogP contribution in [0.25, 0.3) is 0 Å². The summed E-state index contributed by atoms with van der Waals surface area (Å²) in [5.41, 5.74) is 0.845. The van der Waals surface area contributed by atoms with Gasteiger partial charge < -0.3 is 14.9 Å². The molecule has 0 aliphatic carbocycles. The Morgan fingerprint density at radius 1 is 1.43 bits per heavy atom. The Morgan fingerprint density at radius 2 is 2.29 bits per heavy atom. The lowest BCUT2D eigenvalue weighted by Crippen LogP contribution is -2.39. The number of halogens is 1. The molecule has 1 saturated heterocycles. The number of nitrogens with zero attached hydrogens (tertiary/aromatic N) is 1. The van der Waals surface area contributed by atoms with Crippen molar-refractivity contribution in [1.82, 2.24) is 5.32 Å². The molecule has 1 aromatic rings. The molecule has 112 valence electrons. The molecular formula is C15H17FN2O3. The van der Waals surface area contributed by atoms with Gasteiger partial charge in [-0.3, -0.25) is 4.79 Å². The Kier molecular flexibility index (Phi) is 4.15. The van der Waals surface area contributed by atoms with Gasteiger partial charge in [-0.2, -0.15) is 0 Å². The Morgan fingerprint density at radius 3 is 3.05 bits per heavy atom. The van der Waals surface area contributed by atoms with Gasteiger partial charge in [0.15, 0.2) is 0 Å². The van der Waals surface area contributed by atoms with E-state index in [1.54, 1.807) is 18.2 Å². The number of benzene rings is 1. The number of rotatable bonds is 4. The van der Waals surface area contributed by atoms with Crippen LogP contribution in [0.15, 0.2) is 29.4 Å². The lowest BCUT2D eigenvalue weighted by Gasteiger charge is -2.13. The summed E-state index contributed by atoms with van der Waals surface area (Å²) in [5.74, 6) is -0.596. The highest BCUT2D eigenvalue weighted by molar-refractivity contribution is 6.04.